The maximum atomic E-state index is 5.10. The van der Waals surface area contributed by atoms with E-state index in [4.69, 9.17) is 4.98 Å². The molecule has 0 saturated heterocycles. The molecule has 0 aliphatic heterocycles. The Bertz CT molecular complexity index is 2110. The summed E-state index contributed by atoms with van der Waals surface area (Å²) < 4.78 is 0. The van der Waals surface area contributed by atoms with Crippen LogP contribution >= 0.6 is 0 Å². The Morgan fingerprint density at radius 3 is 2.19 bits per heavy atom. The van der Waals surface area contributed by atoms with E-state index in [9.17, 15) is 0 Å². The lowest BCUT2D eigenvalue weighted by atomic mass is 9.70. The standard InChI is InChI=1S/C41H32N2/c1-27-26-42-23-22-33(27)39-19-9-18-38(43-39)30-12-8-13-31(25-30)40-34-14-4-6-16-36(34)41(37-17-7-5-15-35(37)40)32-21-20-28-10-2-3-11-29(28)24-32/h2,4-10,12-26,34,36H,3,11H2,1H3. The van der Waals surface area contributed by atoms with Crippen LogP contribution in [0.1, 0.15) is 34.2 Å². The third-order valence-corrected chi connectivity index (χ3v) is 9.16. The van der Waals surface area contributed by atoms with Crippen molar-refractivity contribution >= 4 is 17.2 Å². The number of benzene rings is 3. The maximum absolute atomic E-state index is 5.10. The number of hydrogen-bond donors (Lipinski definition) is 0. The first-order valence-corrected chi connectivity index (χ1v) is 15.2. The van der Waals surface area contributed by atoms with Crippen molar-refractivity contribution in [3.63, 3.8) is 0 Å². The quantitative estimate of drug-likeness (QED) is 0.227. The van der Waals surface area contributed by atoms with Crippen LogP contribution in [0, 0.1) is 18.8 Å². The lowest BCUT2D eigenvalue weighted by Crippen LogP contribution is -2.40. The van der Waals surface area contributed by atoms with E-state index in [1.54, 1.807) is 0 Å². The molecule has 206 valence electrons. The second-order valence-electron chi connectivity index (χ2n) is 11.7. The molecule has 2 heteroatoms. The molecule has 2 aromatic heterocycles. The fraction of sp³-hybridized carbons (Fsp3) is 0.122. The summed E-state index contributed by atoms with van der Waals surface area (Å²) >= 11 is 0. The van der Waals surface area contributed by atoms with Crippen LogP contribution in [0.4, 0.5) is 0 Å². The molecule has 8 rings (SSSR count). The van der Waals surface area contributed by atoms with Gasteiger partial charge in [-0.1, -0.05) is 103 Å². The van der Waals surface area contributed by atoms with Crippen LogP contribution in [-0.4, -0.2) is 9.97 Å². The zero-order valence-electron chi connectivity index (χ0n) is 24.2. The van der Waals surface area contributed by atoms with E-state index in [1.165, 1.54) is 43.8 Å². The molecule has 2 unspecified atom stereocenters. The molecule has 0 N–H and O–H groups in total. The smallest absolute Gasteiger partial charge is 0.0713 e. The van der Waals surface area contributed by atoms with Crippen molar-refractivity contribution in [1.82, 2.24) is 9.97 Å². The number of rotatable bonds is 4. The lowest BCUT2D eigenvalue weighted by molar-refractivity contribution is 0.686. The third-order valence-electron chi connectivity index (χ3n) is 9.16. The Hall–Kier alpha value is -5.08. The summed E-state index contributed by atoms with van der Waals surface area (Å²) in [4.78, 5) is 9.37. The molecule has 43 heavy (non-hydrogen) atoms. The average molecular weight is 553 g/mol. The fourth-order valence-electron chi connectivity index (χ4n) is 7.12. The Morgan fingerprint density at radius 1 is 0.674 bits per heavy atom. The predicted octanol–water partition coefficient (Wildman–Crippen LogP) is 7.85. The number of hydrogen-bond acceptors (Lipinski definition) is 2. The predicted molar refractivity (Wildman–Crippen MR) is 177 cm³/mol. The van der Waals surface area contributed by atoms with E-state index in [0.717, 1.165) is 40.9 Å². The maximum Gasteiger partial charge on any atom is 0.0713 e. The van der Waals surface area contributed by atoms with Gasteiger partial charge in [0.25, 0.3) is 0 Å². The fourth-order valence-corrected chi connectivity index (χ4v) is 7.12. The van der Waals surface area contributed by atoms with E-state index in [0.29, 0.717) is 0 Å². The number of fused-ring (bicyclic) bond motifs is 3. The van der Waals surface area contributed by atoms with Crippen molar-refractivity contribution in [2.24, 2.45) is 11.8 Å². The topological polar surface area (TPSA) is 25.8 Å². The van der Waals surface area contributed by atoms with E-state index >= 15 is 0 Å². The van der Waals surface area contributed by atoms with Gasteiger partial charge in [0.1, 0.15) is 0 Å². The average Bonchev–Trinajstić information content (AvgIpc) is 3.07. The van der Waals surface area contributed by atoms with E-state index in [2.05, 4.69) is 133 Å². The van der Waals surface area contributed by atoms with Crippen LogP contribution in [-0.2, 0) is 6.42 Å². The second-order valence-corrected chi connectivity index (χ2v) is 11.7. The number of aromatic nitrogens is 2. The van der Waals surface area contributed by atoms with Gasteiger partial charge in [0, 0.05) is 35.4 Å². The molecule has 2 heterocycles. The summed E-state index contributed by atoms with van der Waals surface area (Å²) in [5.41, 5.74) is 13.5. The SMILES string of the molecule is Cc1cnccc1-c1cccc(-c2cccc(C3=c4ccccc4=C(c4ccc5c(c4)CCC=C5)C4C=CC=CC34)c2)n1. The van der Waals surface area contributed by atoms with Gasteiger partial charge in [0.15, 0.2) is 0 Å². The normalized spacial score (nSPS) is 18.3. The molecule has 0 fully saturated rings. The summed E-state index contributed by atoms with van der Waals surface area (Å²) in [6, 6.07) is 33.4. The van der Waals surface area contributed by atoms with Crippen LogP contribution in [0.25, 0.3) is 39.7 Å². The van der Waals surface area contributed by atoms with Gasteiger partial charge < -0.3 is 0 Å². The zero-order chi connectivity index (χ0) is 28.8. The highest BCUT2D eigenvalue weighted by atomic mass is 14.7. The van der Waals surface area contributed by atoms with E-state index < -0.39 is 0 Å². The van der Waals surface area contributed by atoms with Crippen LogP contribution in [0.15, 0.2) is 134 Å². The Morgan fingerprint density at radius 2 is 1.40 bits per heavy atom. The first-order valence-electron chi connectivity index (χ1n) is 15.2. The largest absolute Gasteiger partial charge is 0.264 e. The Balaban J connectivity index is 1.32. The van der Waals surface area contributed by atoms with Gasteiger partial charge in [-0.05, 0) is 93.4 Å². The van der Waals surface area contributed by atoms with Crippen molar-refractivity contribution < 1.29 is 0 Å². The van der Waals surface area contributed by atoms with Crippen LogP contribution in [0.2, 0.25) is 0 Å². The lowest BCUT2D eigenvalue weighted by Gasteiger charge is -2.33. The second kappa shape index (κ2) is 10.6. The summed E-state index contributed by atoms with van der Waals surface area (Å²) in [6.45, 7) is 2.09. The molecular weight excluding hydrogens is 520 g/mol. The molecule has 2 nitrogen and oxygen atoms in total. The van der Waals surface area contributed by atoms with Crippen LogP contribution in [0.3, 0.4) is 0 Å². The highest BCUT2D eigenvalue weighted by molar-refractivity contribution is 5.83. The molecular formula is C41H32N2. The molecule has 3 aliphatic rings. The minimum atomic E-state index is 0.250. The highest BCUT2D eigenvalue weighted by Gasteiger charge is 2.32. The first-order chi connectivity index (χ1) is 21.2. The number of aryl methyl sites for hydroxylation is 2. The van der Waals surface area contributed by atoms with Gasteiger partial charge >= 0.3 is 0 Å². The Kier molecular flexibility index (Phi) is 6.34. The molecule has 3 aliphatic carbocycles. The summed E-state index contributed by atoms with van der Waals surface area (Å²) in [7, 11) is 0. The summed E-state index contributed by atoms with van der Waals surface area (Å²) in [6.07, 6.45) is 19.8. The number of nitrogens with zero attached hydrogens (tertiary/aromatic N) is 2. The van der Waals surface area contributed by atoms with Crippen molar-refractivity contribution in [2.75, 3.05) is 0 Å². The number of allylic oxidation sites excluding steroid dienone is 5. The highest BCUT2D eigenvalue weighted by Crippen LogP contribution is 2.41. The van der Waals surface area contributed by atoms with Crippen molar-refractivity contribution in [2.45, 2.75) is 19.8 Å². The van der Waals surface area contributed by atoms with Gasteiger partial charge in [-0.3, -0.25) is 4.98 Å². The van der Waals surface area contributed by atoms with Crippen LogP contribution in [0.5, 0.6) is 0 Å². The zero-order valence-corrected chi connectivity index (χ0v) is 24.2. The molecule has 0 amide bonds. The monoisotopic (exact) mass is 552 g/mol. The first kappa shape index (κ1) is 25.6. The van der Waals surface area contributed by atoms with Gasteiger partial charge in [0.2, 0.25) is 0 Å². The third kappa shape index (κ3) is 4.51. The van der Waals surface area contributed by atoms with Crippen molar-refractivity contribution in [1.29, 1.82) is 0 Å². The van der Waals surface area contributed by atoms with Crippen LogP contribution < -0.4 is 10.4 Å². The molecule has 0 radical (unpaired) electrons. The van der Waals surface area contributed by atoms with Gasteiger partial charge in [-0.2, -0.15) is 0 Å². The number of pyridine rings is 2. The minimum Gasteiger partial charge on any atom is -0.264 e. The molecule has 0 saturated carbocycles. The summed E-state index contributed by atoms with van der Waals surface area (Å²) in [5, 5.41) is 2.66. The van der Waals surface area contributed by atoms with Crippen molar-refractivity contribution in [3.05, 3.63) is 172 Å². The Labute approximate surface area is 252 Å². The van der Waals surface area contributed by atoms with Gasteiger partial charge in [-0.15, -0.1) is 0 Å². The van der Waals surface area contributed by atoms with Crippen molar-refractivity contribution in [3.8, 4) is 22.5 Å². The van der Waals surface area contributed by atoms with E-state index in [1.807, 2.05) is 18.5 Å². The molecule has 0 bridgehead atoms. The van der Waals surface area contributed by atoms with Gasteiger partial charge in [0.05, 0.1) is 11.4 Å². The molecule has 3 aromatic carbocycles. The molecule has 5 aromatic rings. The molecule has 0 spiro atoms. The van der Waals surface area contributed by atoms with Gasteiger partial charge in [-0.25, -0.2) is 4.98 Å². The minimum absolute atomic E-state index is 0.250. The van der Waals surface area contributed by atoms with E-state index in [-0.39, 0.29) is 11.8 Å². The summed E-state index contributed by atoms with van der Waals surface area (Å²) in [5.74, 6) is 0.520. The molecule has 2 atom stereocenters.